The predicted octanol–water partition coefficient (Wildman–Crippen LogP) is 2.64. The van der Waals surface area contributed by atoms with E-state index in [0.717, 1.165) is 24.5 Å². The minimum absolute atomic E-state index is 0.148. The SMILES string of the molecule is Cc1cccc(C(=O)Nc2cc(N3CCCC3)ncn2)c1. The van der Waals surface area contributed by atoms with Crippen LogP contribution in [0.4, 0.5) is 11.6 Å². The summed E-state index contributed by atoms with van der Waals surface area (Å²) in [4.78, 5) is 22.8. The molecule has 0 aliphatic carbocycles. The normalized spacial score (nSPS) is 14.2. The second-order valence-electron chi connectivity index (χ2n) is 5.28. The van der Waals surface area contributed by atoms with Crippen LogP contribution in [-0.4, -0.2) is 29.0 Å². The molecule has 21 heavy (non-hydrogen) atoms. The van der Waals surface area contributed by atoms with Gasteiger partial charge < -0.3 is 10.2 Å². The van der Waals surface area contributed by atoms with Gasteiger partial charge in [-0.05, 0) is 31.9 Å². The molecule has 2 aromatic rings. The maximum Gasteiger partial charge on any atom is 0.256 e. The first-order chi connectivity index (χ1) is 10.2. The Morgan fingerprint density at radius 2 is 2.00 bits per heavy atom. The zero-order chi connectivity index (χ0) is 14.7. The van der Waals surface area contributed by atoms with Crippen LogP contribution in [0.5, 0.6) is 0 Å². The number of carbonyl (C=O) groups is 1. The van der Waals surface area contributed by atoms with Crippen molar-refractivity contribution in [1.82, 2.24) is 9.97 Å². The highest BCUT2D eigenvalue weighted by molar-refractivity contribution is 6.03. The van der Waals surface area contributed by atoms with Crippen LogP contribution >= 0.6 is 0 Å². The molecule has 1 saturated heterocycles. The Hall–Kier alpha value is -2.43. The molecule has 0 atom stereocenters. The van der Waals surface area contributed by atoms with Crippen LogP contribution in [0.25, 0.3) is 0 Å². The Bertz CT molecular complexity index is 650. The number of aromatic nitrogens is 2. The highest BCUT2D eigenvalue weighted by Gasteiger charge is 2.15. The van der Waals surface area contributed by atoms with Crippen LogP contribution in [-0.2, 0) is 0 Å². The molecule has 5 heteroatoms. The van der Waals surface area contributed by atoms with E-state index in [1.807, 2.05) is 31.2 Å². The Morgan fingerprint density at radius 3 is 2.76 bits per heavy atom. The van der Waals surface area contributed by atoms with Gasteiger partial charge in [-0.15, -0.1) is 0 Å². The highest BCUT2D eigenvalue weighted by atomic mass is 16.1. The topological polar surface area (TPSA) is 58.1 Å². The lowest BCUT2D eigenvalue weighted by Crippen LogP contribution is -2.20. The van der Waals surface area contributed by atoms with Gasteiger partial charge in [-0.1, -0.05) is 17.7 Å². The van der Waals surface area contributed by atoms with Crippen molar-refractivity contribution in [2.45, 2.75) is 19.8 Å². The Balaban J connectivity index is 1.75. The Kier molecular flexibility index (Phi) is 3.81. The first-order valence-electron chi connectivity index (χ1n) is 7.17. The largest absolute Gasteiger partial charge is 0.356 e. The third-order valence-electron chi connectivity index (χ3n) is 3.60. The molecule has 0 unspecified atom stereocenters. The third-order valence-corrected chi connectivity index (χ3v) is 3.60. The summed E-state index contributed by atoms with van der Waals surface area (Å²) in [5.74, 6) is 1.27. The summed E-state index contributed by atoms with van der Waals surface area (Å²) in [7, 11) is 0. The van der Waals surface area contributed by atoms with Crippen LogP contribution in [0.2, 0.25) is 0 Å². The van der Waals surface area contributed by atoms with Crippen LogP contribution < -0.4 is 10.2 Å². The van der Waals surface area contributed by atoms with E-state index in [-0.39, 0.29) is 5.91 Å². The standard InChI is InChI=1S/C16H18N4O/c1-12-5-4-6-13(9-12)16(21)19-14-10-15(18-11-17-14)20-7-2-3-8-20/h4-6,9-11H,2-3,7-8H2,1H3,(H,17,18,19,21). The quantitative estimate of drug-likeness (QED) is 0.940. The summed E-state index contributed by atoms with van der Waals surface area (Å²) in [6.07, 6.45) is 3.88. The zero-order valence-electron chi connectivity index (χ0n) is 12.0. The second-order valence-corrected chi connectivity index (χ2v) is 5.28. The molecule has 108 valence electrons. The van der Waals surface area contributed by atoms with Gasteiger partial charge in [-0.25, -0.2) is 9.97 Å². The van der Waals surface area contributed by atoms with Crippen molar-refractivity contribution in [2.75, 3.05) is 23.3 Å². The summed E-state index contributed by atoms with van der Waals surface area (Å²) < 4.78 is 0. The van der Waals surface area contributed by atoms with Gasteiger partial charge >= 0.3 is 0 Å². The van der Waals surface area contributed by atoms with Crippen molar-refractivity contribution in [2.24, 2.45) is 0 Å². The fourth-order valence-electron chi connectivity index (χ4n) is 2.51. The number of rotatable bonds is 3. The molecular weight excluding hydrogens is 264 g/mol. The molecule has 1 fully saturated rings. The number of benzene rings is 1. The van der Waals surface area contributed by atoms with Crippen molar-refractivity contribution in [3.05, 3.63) is 47.8 Å². The third kappa shape index (κ3) is 3.18. The average Bonchev–Trinajstić information content (AvgIpc) is 3.02. The number of hydrogen-bond donors (Lipinski definition) is 1. The molecule has 1 aliphatic rings. The number of nitrogens with one attached hydrogen (secondary N) is 1. The Labute approximate surface area is 124 Å². The van der Waals surface area contributed by atoms with Gasteiger partial charge in [-0.2, -0.15) is 0 Å². The molecule has 2 heterocycles. The lowest BCUT2D eigenvalue weighted by molar-refractivity contribution is 0.102. The molecule has 1 aromatic heterocycles. The van der Waals surface area contributed by atoms with E-state index in [4.69, 9.17) is 0 Å². The van der Waals surface area contributed by atoms with E-state index in [0.29, 0.717) is 11.4 Å². The van der Waals surface area contributed by atoms with E-state index in [2.05, 4.69) is 20.2 Å². The summed E-state index contributed by atoms with van der Waals surface area (Å²) >= 11 is 0. The van der Waals surface area contributed by atoms with Crippen molar-refractivity contribution < 1.29 is 4.79 Å². The molecule has 0 spiro atoms. The van der Waals surface area contributed by atoms with Crippen molar-refractivity contribution in [3.8, 4) is 0 Å². The highest BCUT2D eigenvalue weighted by Crippen LogP contribution is 2.19. The zero-order valence-corrected chi connectivity index (χ0v) is 12.0. The number of anilines is 2. The molecule has 1 N–H and O–H groups in total. The minimum atomic E-state index is -0.148. The molecule has 1 amide bonds. The molecule has 0 saturated carbocycles. The summed E-state index contributed by atoms with van der Waals surface area (Å²) in [5, 5.41) is 2.83. The van der Waals surface area contributed by atoms with Gasteiger partial charge in [-0.3, -0.25) is 4.79 Å². The van der Waals surface area contributed by atoms with Crippen LogP contribution in [0.15, 0.2) is 36.7 Å². The number of aryl methyl sites for hydroxylation is 1. The van der Waals surface area contributed by atoms with E-state index in [1.165, 1.54) is 19.2 Å². The van der Waals surface area contributed by atoms with E-state index >= 15 is 0 Å². The first kappa shape index (κ1) is 13.5. The predicted molar refractivity (Wildman–Crippen MR) is 82.6 cm³/mol. The molecule has 3 rings (SSSR count). The fourth-order valence-corrected chi connectivity index (χ4v) is 2.51. The minimum Gasteiger partial charge on any atom is -0.356 e. The lowest BCUT2D eigenvalue weighted by Gasteiger charge is -2.16. The molecule has 5 nitrogen and oxygen atoms in total. The van der Waals surface area contributed by atoms with Gasteiger partial charge in [0, 0.05) is 24.7 Å². The summed E-state index contributed by atoms with van der Waals surface area (Å²) in [5.41, 5.74) is 1.69. The lowest BCUT2D eigenvalue weighted by atomic mass is 10.1. The monoisotopic (exact) mass is 282 g/mol. The Morgan fingerprint density at radius 1 is 1.19 bits per heavy atom. The molecule has 0 radical (unpaired) electrons. The molecule has 0 bridgehead atoms. The van der Waals surface area contributed by atoms with Gasteiger partial charge in [0.1, 0.15) is 18.0 Å². The van der Waals surface area contributed by atoms with Gasteiger partial charge in [0.05, 0.1) is 0 Å². The van der Waals surface area contributed by atoms with Gasteiger partial charge in [0.25, 0.3) is 5.91 Å². The fraction of sp³-hybridized carbons (Fsp3) is 0.312. The van der Waals surface area contributed by atoms with Crippen molar-refractivity contribution >= 4 is 17.5 Å². The maximum absolute atomic E-state index is 12.2. The van der Waals surface area contributed by atoms with Crippen LogP contribution in [0, 0.1) is 6.92 Å². The van der Waals surface area contributed by atoms with Crippen LogP contribution in [0.1, 0.15) is 28.8 Å². The van der Waals surface area contributed by atoms with Gasteiger partial charge in [0.2, 0.25) is 0 Å². The smallest absolute Gasteiger partial charge is 0.256 e. The average molecular weight is 282 g/mol. The molecule has 1 aliphatic heterocycles. The molecule has 1 aromatic carbocycles. The summed E-state index contributed by atoms with van der Waals surface area (Å²) in [6, 6.07) is 9.33. The van der Waals surface area contributed by atoms with E-state index in [9.17, 15) is 4.79 Å². The number of amides is 1. The number of carbonyl (C=O) groups excluding carboxylic acids is 1. The van der Waals surface area contributed by atoms with E-state index < -0.39 is 0 Å². The number of nitrogens with zero attached hydrogens (tertiary/aromatic N) is 3. The van der Waals surface area contributed by atoms with Gasteiger partial charge in [0.15, 0.2) is 0 Å². The second kappa shape index (κ2) is 5.91. The molecular formula is C16H18N4O. The van der Waals surface area contributed by atoms with Crippen molar-refractivity contribution in [3.63, 3.8) is 0 Å². The summed E-state index contributed by atoms with van der Waals surface area (Å²) in [6.45, 7) is 4.00. The van der Waals surface area contributed by atoms with Crippen LogP contribution in [0.3, 0.4) is 0 Å². The van der Waals surface area contributed by atoms with Crippen molar-refractivity contribution in [1.29, 1.82) is 0 Å². The first-order valence-corrected chi connectivity index (χ1v) is 7.17. The van der Waals surface area contributed by atoms with E-state index in [1.54, 1.807) is 6.07 Å². The maximum atomic E-state index is 12.2. The number of hydrogen-bond acceptors (Lipinski definition) is 4.